The predicted octanol–water partition coefficient (Wildman–Crippen LogP) is 3.89. The highest BCUT2D eigenvalue weighted by molar-refractivity contribution is 7.10. The van der Waals surface area contributed by atoms with Gasteiger partial charge in [-0.3, -0.25) is 0 Å². The Hall–Kier alpha value is -1.32. The van der Waals surface area contributed by atoms with Crippen LogP contribution in [0, 0.1) is 6.92 Å². The van der Waals surface area contributed by atoms with Gasteiger partial charge in [0.05, 0.1) is 12.6 Å². The Balaban J connectivity index is 2.12. The molecule has 0 spiro atoms. The van der Waals surface area contributed by atoms with Gasteiger partial charge in [-0.2, -0.15) is 0 Å². The lowest BCUT2D eigenvalue weighted by Gasteiger charge is -2.12. The van der Waals surface area contributed by atoms with Gasteiger partial charge in [0.2, 0.25) is 0 Å². The van der Waals surface area contributed by atoms with E-state index in [1.807, 2.05) is 12.1 Å². The number of hydrogen-bond acceptors (Lipinski definition) is 3. The van der Waals surface area contributed by atoms with Crippen molar-refractivity contribution in [3.05, 3.63) is 51.7 Å². The van der Waals surface area contributed by atoms with Gasteiger partial charge in [-0.15, -0.1) is 11.3 Å². The van der Waals surface area contributed by atoms with Gasteiger partial charge >= 0.3 is 0 Å². The summed E-state index contributed by atoms with van der Waals surface area (Å²) in [4.78, 5) is 1.23. The van der Waals surface area contributed by atoms with Gasteiger partial charge in [0.1, 0.15) is 5.75 Å². The first-order valence-corrected chi connectivity index (χ1v) is 7.12. The molecule has 3 heteroatoms. The fourth-order valence-corrected chi connectivity index (χ4v) is 2.80. The smallest absolute Gasteiger partial charge is 0.119 e. The highest BCUT2D eigenvalue weighted by Crippen LogP contribution is 2.28. The first kappa shape index (κ1) is 13.1. The van der Waals surface area contributed by atoms with Gasteiger partial charge in [-0.05, 0) is 48.1 Å². The fourth-order valence-electron chi connectivity index (χ4n) is 1.85. The molecule has 0 saturated carbocycles. The maximum atomic E-state index is 6.28. The molecule has 18 heavy (non-hydrogen) atoms. The minimum absolute atomic E-state index is 0.0368. The molecule has 0 bridgehead atoms. The molecule has 0 amide bonds. The standard InChI is InChI=1S/C15H19NOS/c1-3-9-17-13-6-4-12(5-7-13)14(16)15-11(2)8-10-18-15/h4-8,10,14H,3,9,16H2,1-2H3. The lowest BCUT2D eigenvalue weighted by molar-refractivity contribution is 0.317. The fraction of sp³-hybridized carbons (Fsp3) is 0.333. The Morgan fingerprint density at radius 2 is 1.94 bits per heavy atom. The number of rotatable bonds is 5. The predicted molar refractivity (Wildman–Crippen MR) is 77.3 cm³/mol. The van der Waals surface area contributed by atoms with Crippen LogP contribution >= 0.6 is 11.3 Å². The summed E-state index contributed by atoms with van der Waals surface area (Å²) in [5.74, 6) is 0.913. The summed E-state index contributed by atoms with van der Waals surface area (Å²) in [6.07, 6.45) is 1.02. The van der Waals surface area contributed by atoms with E-state index in [-0.39, 0.29) is 6.04 Å². The van der Waals surface area contributed by atoms with Crippen LogP contribution in [0.1, 0.15) is 35.4 Å². The Kier molecular flexibility index (Phi) is 4.39. The van der Waals surface area contributed by atoms with E-state index in [0.717, 1.165) is 24.3 Å². The summed E-state index contributed by atoms with van der Waals surface area (Å²) in [6.45, 7) is 4.96. The van der Waals surface area contributed by atoms with Crippen molar-refractivity contribution in [3.8, 4) is 5.75 Å². The molecule has 2 nitrogen and oxygen atoms in total. The molecule has 2 aromatic rings. The van der Waals surface area contributed by atoms with E-state index in [1.54, 1.807) is 11.3 Å². The monoisotopic (exact) mass is 261 g/mol. The summed E-state index contributed by atoms with van der Waals surface area (Å²) in [7, 11) is 0. The van der Waals surface area contributed by atoms with Gasteiger partial charge in [0.25, 0.3) is 0 Å². The van der Waals surface area contributed by atoms with Gasteiger partial charge in [-0.1, -0.05) is 19.1 Å². The molecule has 0 aliphatic carbocycles. The molecule has 1 unspecified atom stereocenters. The largest absolute Gasteiger partial charge is 0.494 e. The lowest BCUT2D eigenvalue weighted by Crippen LogP contribution is -2.11. The topological polar surface area (TPSA) is 35.2 Å². The normalized spacial score (nSPS) is 12.4. The summed E-state index contributed by atoms with van der Waals surface area (Å²) >= 11 is 1.71. The second-order valence-electron chi connectivity index (χ2n) is 4.36. The summed E-state index contributed by atoms with van der Waals surface area (Å²) in [5, 5.41) is 2.09. The summed E-state index contributed by atoms with van der Waals surface area (Å²) < 4.78 is 5.57. The first-order chi connectivity index (χ1) is 8.72. The molecule has 96 valence electrons. The van der Waals surface area contributed by atoms with Crippen LogP contribution in [-0.2, 0) is 0 Å². The van der Waals surface area contributed by atoms with Crippen LogP contribution in [0.25, 0.3) is 0 Å². The Morgan fingerprint density at radius 3 is 2.50 bits per heavy atom. The molecular formula is C15H19NOS. The van der Waals surface area contributed by atoms with Crippen LogP contribution in [0.4, 0.5) is 0 Å². The van der Waals surface area contributed by atoms with Crippen molar-refractivity contribution in [1.82, 2.24) is 0 Å². The molecule has 0 fully saturated rings. The second-order valence-corrected chi connectivity index (χ2v) is 5.31. The Bertz CT molecular complexity index is 489. The van der Waals surface area contributed by atoms with E-state index in [0.29, 0.717) is 0 Å². The number of benzene rings is 1. The van der Waals surface area contributed by atoms with Crippen LogP contribution in [-0.4, -0.2) is 6.61 Å². The molecule has 2 N–H and O–H groups in total. The van der Waals surface area contributed by atoms with Crippen molar-refractivity contribution >= 4 is 11.3 Å². The van der Waals surface area contributed by atoms with Crippen molar-refractivity contribution in [3.63, 3.8) is 0 Å². The van der Waals surface area contributed by atoms with Gasteiger partial charge in [-0.25, -0.2) is 0 Å². The number of nitrogens with two attached hydrogens (primary N) is 1. The molecule has 0 aliphatic heterocycles. The van der Waals surface area contributed by atoms with E-state index in [2.05, 4.69) is 37.4 Å². The number of ether oxygens (including phenoxy) is 1. The van der Waals surface area contributed by atoms with Gasteiger partial charge in [0.15, 0.2) is 0 Å². The third-order valence-corrected chi connectivity index (χ3v) is 4.00. The number of aryl methyl sites for hydroxylation is 1. The average Bonchev–Trinajstić information content (AvgIpc) is 2.82. The van der Waals surface area contributed by atoms with E-state index >= 15 is 0 Å². The van der Waals surface area contributed by atoms with Crippen LogP contribution in [0.2, 0.25) is 0 Å². The number of thiophene rings is 1. The highest BCUT2D eigenvalue weighted by atomic mass is 32.1. The van der Waals surface area contributed by atoms with Crippen LogP contribution in [0.3, 0.4) is 0 Å². The van der Waals surface area contributed by atoms with Crippen LogP contribution < -0.4 is 10.5 Å². The van der Waals surface area contributed by atoms with Crippen molar-refractivity contribution in [1.29, 1.82) is 0 Å². The zero-order valence-corrected chi connectivity index (χ0v) is 11.7. The molecule has 1 heterocycles. The molecule has 0 radical (unpaired) electrons. The van der Waals surface area contributed by atoms with Crippen molar-refractivity contribution in [2.45, 2.75) is 26.3 Å². The quantitative estimate of drug-likeness (QED) is 0.886. The minimum atomic E-state index is -0.0368. The molecule has 2 rings (SSSR count). The highest BCUT2D eigenvalue weighted by Gasteiger charge is 2.12. The van der Waals surface area contributed by atoms with Crippen molar-refractivity contribution in [2.75, 3.05) is 6.61 Å². The lowest BCUT2D eigenvalue weighted by atomic mass is 10.0. The van der Waals surface area contributed by atoms with Crippen LogP contribution in [0.5, 0.6) is 5.75 Å². The molecule has 0 saturated heterocycles. The van der Waals surface area contributed by atoms with E-state index in [9.17, 15) is 0 Å². The molecular weight excluding hydrogens is 242 g/mol. The van der Waals surface area contributed by atoms with Gasteiger partial charge < -0.3 is 10.5 Å². The van der Waals surface area contributed by atoms with Crippen molar-refractivity contribution < 1.29 is 4.74 Å². The molecule has 1 atom stereocenters. The molecule has 1 aromatic heterocycles. The number of hydrogen-bond donors (Lipinski definition) is 1. The third-order valence-electron chi connectivity index (χ3n) is 2.90. The summed E-state index contributed by atoms with van der Waals surface area (Å²) in [5.41, 5.74) is 8.67. The second kappa shape index (κ2) is 6.03. The Morgan fingerprint density at radius 1 is 1.22 bits per heavy atom. The average molecular weight is 261 g/mol. The molecule has 1 aromatic carbocycles. The van der Waals surface area contributed by atoms with E-state index in [4.69, 9.17) is 10.5 Å². The van der Waals surface area contributed by atoms with Crippen LogP contribution in [0.15, 0.2) is 35.7 Å². The van der Waals surface area contributed by atoms with Crippen molar-refractivity contribution in [2.24, 2.45) is 5.73 Å². The summed E-state index contributed by atoms with van der Waals surface area (Å²) in [6, 6.07) is 10.2. The maximum absolute atomic E-state index is 6.28. The minimum Gasteiger partial charge on any atom is -0.494 e. The molecule has 0 aliphatic rings. The van der Waals surface area contributed by atoms with E-state index < -0.39 is 0 Å². The third kappa shape index (κ3) is 2.92. The maximum Gasteiger partial charge on any atom is 0.119 e. The zero-order valence-electron chi connectivity index (χ0n) is 10.8. The Labute approximate surface area is 112 Å². The SMILES string of the molecule is CCCOc1ccc(C(N)c2sccc2C)cc1. The zero-order chi connectivity index (χ0) is 13.0. The first-order valence-electron chi connectivity index (χ1n) is 6.24. The van der Waals surface area contributed by atoms with E-state index in [1.165, 1.54) is 10.4 Å². The van der Waals surface area contributed by atoms with Gasteiger partial charge in [0, 0.05) is 4.88 Å².